The van der Waals surface area contributed by atoms with Gasteiger partial charge in [0.2, 0.25) is 5.78 Å². The molecular weight excluding hydrogens is 578 g/mol. The maximum absolute atomic E-state index is 14.8. The summed E-state index contributed by atoms with van der Waals surface area (Å²) in [7, 11) is -1.40. The van der Waals surface area contributed by atoms with Gasteiger partial charge in [-0.25, -0.2) is 14.6 Å². The summed E-state index contributed by atoms with van der Waals surface area (Å²) in [6, 6.07) is 3.89. The summed E-state index contributed by atoms with van der Waals surface area (Å²) in [6.45, 7) is 19.4. The van der Waals surface area contributed by atoms with E-state index in [-0.39, 0.29) is 30.1 Å². The van der Waals surface area contributed by atoms with Gasteiger partial charge in [-0.15, -0.1) is 13.2 Å². The van der Waals surface area contributed by atoms with E-state index >= 15 is 0 Å². The van der Waals surface area contributed by atoms with Crippen molar-refractivity contribution in [2.24, 2.45) is 0 Å². The number of alkyl halides is 2. The number of carbonyl (C=O) groups is 3. The number of hydrogen-bond acceptors (Lipinski definition) is 6. The highest BCUT2D eigenvalue weighted by Gasteiger charge is 2.39. The molecule has 10 nitrogen and oxygen atoms in total. The van der Waals surface area contributed by atoms with Gasteiger partial charge >= 0.3 is 18.1 Å². The lowest BCUT2D eigenvalue weighted by Gasteiger charge is -2.23. The molecule has 1 aromatic carbocycles. The largest absolute Gasteiger partial charge is 0.465 e. The van der Waals surface area contributed by atoms with Crippen LogP contribution < -0.4 is 10.6 Å². The van der Waals surface area contributed by atoms with E-state index in [9.17, 15) is 23.2 Å². The molecule has 2 amide bonds. The number of carbonyl (C=O) groups excluding carboxylic acids is 2. The molecule has 3 N–H and O–H groups in total. The summed E-state index contributed by atoms with van der Waals surface area (Å²) in [4.78, 5) is 41.7. The van der Waals surface area contributed by atoms with Crippen LogP contribution in [0.25, 0.3) is 11.3 Å². The Balaban J connectivity index is 2.66. The highest BCUT2D eigenvalue weighted by Crippen LogP contribution is 2.34. The second-order valence-corrected chi connectivity index (χ2v) is 17.9. The first-order chi connectivity index (χ1) is 19.9. The van der Waals surface area contributed by atoms with Gasteiger partial charge in [-0.3, -0.25) is 10.1 Å². The van der Waals surface area contributed by atoms with Crippen molar-refractivity contribution >= 4 is 31.7 Å². The van der Waals surface area contributed by atoms with Gasteiger partial charge in [0.05, 0.1) is 11.7 Å². The fourth-order valence-electron chi connectivity index (χ4n) is 3.96. The van der Waals surface area contributed by atoms with Crippen LogP contribution in [0.1, 0.15) is 55.8 Å². The molecular formula is C30H42F2N4O6Si. The van der Waals surface area contributed by atoms with Gasteiger partial charge < -0.3 is 24.5 Å². The van der Waals surface area contributed by atoms with Gasteiger partial charge in [0.25, 0.3) is 0 Å². The number of rotatable bonds is 15. The zero-order chi connectivity index (χ0) is 32.6. The standard InChI is InChI=1S/C30H42F2N4O6Si/c1-9-11-23(35-28(40)42-29(3,4)5)26-34-24(18-36(26)19-41-15-16-43(6,7)8)21-13-12-20(33-27(38)39)17-22(21)25(37)30(31,32)14-10-2/h9-10,12-13,17-18,23,33H,1-2,11,14-16,19H2,3-8H3,(H,35,40)(H,38,39)/t23-/m0/s1. The zero-order valence-electron chi connectivity index (χ0n) is 25.6. The number of Topliss-reactive ketones (excluding diaryl/α,β-unsaturated/α-hetero) is 1. The quantitative estimate of drug-likeness (QED) is 0.0814. The number of ether oxygens (including phenoxy) is 2. The van der Waals surface area contributed by atoms with Crippen molar-refractivity contribution in [2.75, 3.05) is 11.9 Å². The predicted molar refractivity (Wildman–Crippen MR) is 164 cm³/mol. The van der Waals surface area contributed by atoms with Crippen LogP contribution in [0.3, 0.4) is 0 Å². The number of anilines is 1. The zero-order valence-corrected chi connectivity index (χ0v) is 26.6. The number of amides is 2. The number of aromatic nitrogens is 2. The van der Waals surface area contributed by atoms with Crippen molar-refractivity contribution in [3.05, 3.63) is 61.1 Å². The van der Waals surface area contributed by atoms with Gasteiger partial charge in [-0.1, -0.05) is 31.8 Å². The number of ketones is 1. The van der Waals surface area contributed by atoms with E-state index in [1.807, 2.05) is 0 Å². The highest BCUT2D eigenvalue weighted by atomic mass is 28.3. The molecule has 1 heterocycles. The number of nitrogens with zero attached hydrogens (tertiary/aromatic N) is 2. The number of carboxylic acid groups (broad SMARTS) is 1. The van der Waals surface area contributed by atoms with Crippen LogP contribution >= 0.6 is 0 Å². The first-order valence-corrected chi connectivity index (χ1v) is 17.5. The van der Waals surface area contributed by atoms with Crippen molar-refractivity contribution in [2.45, 2.75) is 83.6 Å². The summed E-state index contributed by atoms with van der Waals surface area (Å²) >= 11 is 0. The van der Waals surface area contributed by atoms with Crippen LogP contribution in [-0.2, 0) is 16.2 Å². The normalized spacial score (nSPS) is 12.7. The number of imidazole rings is 1. The van der Waals surface area contributed by atoms with Crippen LogP contribution in [0.5, 0.6) is 0 Å². The lowest BCUT2D eigenvalue weighted by Crippen LogP contribution is -2.36. The molecule has 0 radical (unpaired) electrons. The summed E-state index contributed by atoms with van der Waals surface area (Å²) in [5.74, 6) is -5.00. The molecule has 1 atom stereocenters. The molecule has 0 bridgehead atoms. The second kappa shape index (κ2) is 14.6. The molecule has 2 rings (SSSR count). The number of hydrogen-bond donors (Lipinski definition) is 3. The van der Waals surface area contributed by atoms with Crippen LogP contribution in [0.15, 0.2) is 49.7 Å². The van der Waals surface area contributed by atoms with Crippen molar-refractivity contribution in [3.8, 4) is 11.3 Å². The molecule has 0 aliphatic rings. The van der Waals surface area contributed by atoms with E-state index in [0.717, 1.165) is 18.2 Å². The van der Waals surface area contributed by atoms with E-state index in [0.29, 0.717) is 12.4 Å². The third-order valence-corrected chi connectivity index (χ3v) is 7.67. The van der Waals surface area contributed by atoms with Crippen molar-refractivity contribution in [1.29, 1.82) is 0 Å². The van der Waals surface area contributed by atoms with Crippen LogP contribution in [0.4, 0.5) is 24.1 Å². The summed E-state index contributed by atoms with van der Waals surface area (Å²) in [5, 5.41) is 14.0. The molecule has 0 aliphatic heterocycles. The van der Waals surface area contributed by atoms with E-state index in [2.05, 4.69) is 48.4 Å². The van der Waals surface area contributed by atoms with Crippen LogP contribution in [0, 0.1) is 0 Å². The highest BCUT2D eigenvalue weighted by molar-refractivity contribution is 6.76. The van der Waals surface area contributed by atoms with E-state index in [1.165, 1.54) is 12.1 Å². The number of benzene rings is 1. The lowest BCUT2D eigenvalue weighted by atomic mass is 9.95. The van der Waals surface area contributed by atoms with Crippen molar-refractivity contribution in [3.63, 3.8) is 0 Å². The third-order valence-electron chi connectivity index (χ3n) is 5.96. The second-order valence-electron chi connectivity index (χ2n) is 12.2. The first kappa shape index (κ1) is 35.4. The Hall–Kier alpha value is -3.84. The summed E-state index contributed by atoms with van der Waals surface area (Å²) < 4.78 is 42.6. The Morgan fingerprint density at radius 3 is 2.40 bits per heavy atom. The number of alkyl carbamates (subject to hydrolysis) is 1. The molecule has 0 fully saturated rings. The molecule has 236 valence electrons. The minimum atomic E-state index is -3.80. The Bertz CT molecular complexity index is 1330. The van der Waals surface area contributed by atoms with Gasteiger partial charge in [0.1, 0.15) is 18.2 Å². The van der Waals surface area contributed by atoms with Crippen LogP contribution in [0.2, 0.25) is 25.7 Å². The molecule has 1 aromatic heterocycles. The maximum atomic E-state index is 14.8. The average molecular weight is 621 g/mol. The van der Waals surface area contributed by atoms with E-state index < -0.39 is 55.6 Å². The monoisotopic (exact) mass is 620 g/mol. The Labute approximate surface area is 252 Å². The smallest absolute Gasteiger partial charge is 0.409 e. The molecule has 0 saturated heterocycles. The molecule has 0 aliphatic carbocycles. The summed E-state index contributed by atoms with van der Waals surface area (Å²) in [5.41, 5.74) is -1.08. The molecule has 0 spiro atoms. The van der Waals surface area contributed by atoms with Gasteiger partial charge in [0.15, 0.2) is 0 Å². The molecule has 0 saturated carbocycles. The van der Waals surface area contributed by atoms with Gasteiger partial charge in [-0.2, -0.15) is 8.78 Å². The topological polar surface area (TPSA) is 132 Å². The summed E-state index contributed by atoms with van der Waals surface area (Å²) in [6.07, 6.45) is 1.28. The fourth-order valence-corrected chi connectivity index (χ4v) is 4.71. The fraction of sp³-hybridized carbons (Fsp3) is 0.467. The number of nitrogens with one attached hydrogen (secondary N) is 2. The first-order valence-electron chi connectivity index (χ1n) is 13.8. The average Bonchev–Trinajstić information content (AvgIpc) is 3.27. The minimum Gasteiger partial charge on any atom is -0.465 e. The molecule has 43 heavy (non-hydrogen) atoms. The minimum absolute atomic E-state index is 0.0327. The van der Waals surface area contributed by atoms with E-state index in [1.54, 1.807) is 37.6 Å². The lowest BCUT2D eigenvalue weighted by molar-refractivity contribution is 0.0124. The molecule has 2 aromatic rings. The Kier molecular flexibility index (Phi) is 12.0. The number of halogens is 2. The van der Waals surface area contributed by atoms with E-state index in [4.69, 9.17) is 14.6 Å². The van der Waals surface area contributed by atoms with Crippen LogP contribution in [-0.4, -0.2) is 58.8 Å². The van der Waals surface area contributed by atoms with Gasteiger partial charge in [-0.05, 0) is 51.4 Å². The maximum Gasteiger partial charge on any atom is 0.409 e. The Morgan fingerprint density at radius 1 is 1.16 bits per heavy atom. The third kappa shape index (κ3) is 11.1. The molecule has 0 unspecified atom stereocenters. The SMILES string of the molecule is C=CC[C@H](NC(=O)OC(C)(C)C)c1nc(-c2ccc(NC(=O)O)cc2C(=O)C(F)(F)CC=C)cn1COCC[Si](C)(C)C. The number of allylic oxidation sites excluding steroid dienone is 1. The van der Waals surface area contributed by atoms with Crippen molar-refractivity contribution in [1.82, 2.24) is 14.9 Å². The Morgan fingerprint density at radius 2 is 1.84 bits per heavy atom. The predicted octanol–water partition coefficient (Wildman–Crippen LogP) is 7.49. The molecule has 13 heteroatoms. The van der Waals surface area contributed by atoms with Crippen molar-refractivity contribution < 1.29 is 37.7 Å². The van der Waals surface area contributed by atoms with Gasteiger partial charge in [0, 0.05) is 44.1 Å².